The minimum absolute atomic E-state index is 0.0338. The minimum atomic E-state index is -1.13. The van der Waals surface area contributed by atoms with Crippen molar-refractivity contribution in [3.05, 3.63) is 83.2 Å². The average Bonchev–Trinajstić information content (AvgIpc) is 2.69. The second-order valence-corrected chi connectivity index (χ2v) is 5.84. The third-order valence-electron chi connectivity index (χ3n) is 4.13. The molecule has 0 aliphatic carbocycles. The molecular formula is C21H17F3O3. The minimum Gasteiger partial charge on any atom is -0.494 e. The summed E-state index contributed by atoms with van der Waals surface area (Å²) in [6.07, 6.45) is 0. The highest BCUT2D eigenvalue weighted by atomic mass is 19.2. The van der Waals surface area contributed by atoms with Crippen molar-refractivity contribution in [2.24, 2.45) is 0 Å². The maximum atomic E-state index is 13.9. The third-order valence-corrected chi connectivity index (χ3v) is 4.13. The van der Waals surface area contributed by atoms with Crippen LogP contribution in [0.1, 0.15) is 11.1 Å². The first-order valence-corrected chi connectivity index (χ1v) is 8.17. The smallest absolute Gasteiger partial charge is 0.200 e. The molecule has 0 unspecified atom stereocenters. The lowest BCUT2D eigenvalue weighted by molar-refractivity contribution is 0.264. The summed E-state index contributed by atoms with van der Waals surface area (Å²) in [5, 5.41) is 8.93. The van der Waals surface area contributed by atoms with E-state index in [9.17, 15) is 13.2 Å². The number of hydrogen-bond acceptors (Lipinski definition) is 3. The first kappa shape index (κ1) is 18.8. The van der Waals surface area contributed by atoms with Crippen molar-refractivity contribution in [1.29, 1.82) is 0 Å². The van der Waals surface area contributed by atoms with E-state index in [4.69, 9.17) is 14.6 Å². The van der Waals surface area contributed by atoms with Crippen molar-refractivity contribution >= 4 is 0 Å². The highest BCUT2D eigenvalue weighted by Gasteiger charge is 2.14. The van der Waals surface area contributed by atoms with Crippen LogP contribution in [0, 0.1) is 17.5 Å². The fourth-order valence-electron chi connectivity index (χ4n) is 2.61. The van der Waals surface area contributed by atoms with Gasteiger partial charge in [-0.05, 0) is 41.0 Å². The molecule has 1 N–H and O–H groups in total. The summed E-state index contributed by atoms with van der Waals surface area (Å²) >= 11 is 0. The zero-order chi connectivity index (χ0) is 19.4. The van der Waals surface area contributed by atoms with E-state index in [2.05, 4.69) is 0 Å². The topological polar surface area (TPSA) is 38.7 Å². The van der Waals surface area contributed by atoms with Gasteiger partial charge in [0.25, 0.3) is 0 Å². The monoisotopic (exact) mass is 374 g/mol. The van der Waals surface area contributed by atoms with Gasteiger partial charge in [-0.3, -0.25) is 0 Å². The van der Waals surface area contributed by atoms with Crippen LogP contribution in [0.4, 0.5) is 13.2 Å². The number of ether oxygens (including phenoxy) is 2. The molecule has 3 aromatic carbocycles. The summed E-state index contributed by atoms with van der Waals surface area (Å²) < 4.78 is 51.6. The lowest BCUT2D eigenvalue weighted by atomic mass is 10.0. The fraction of sp³-hybridized carbons (Fsp3) is 0.143. The molecule has 0 saturated heterocycles. The third kappa shape index (κ3) is 4.06. The van der Waals surface area contributed by atoms with Crippen LogP contribution in [-0.2, 0) is 13.2 Å². The van der Waals surface area contributed by atoms with Gasteiger partial charge in [0.15, 0.2) is 23.1 Å². The van der Waals surface area contributed by atoms with Crippen LogP contribution < -0.4 is 9.47 Å². The molecule has 0 atom stereocenters. The number of hydrogen-bond donors (Lipinski definition) is 1. The Bertz CT molecular complexity index is 940. The highest BCUT2D eigenvalue weighted by molar-refractivity contribution is 5.64. The van der Waals surface area contributed by atoms with Gasteiger partial charge in [0, 0.05) is 5.56 Å². The molecule has 0 fully saturated rings. The Labute approximate surface area is 154 Å². The van der Waals surface area contributed by atoms with Crippen molar-refractivity contribution in [1.82, 2.24) is 0 Å². The number of methoxy groups -OCH3 is 1. The molecule has 140 valence electrons. The first-order chi connectivity index (χ1) is 13.0. The Morgan fingerprint density at radius 1 is 0.815 bits per heavy atom. The second-order valence-electron chi connectivity index (χ2n) is 5.84. The molecule has 0 aliphatic rings. The fourth-order valence-corrected chi connectivity index (χ4v) is 2.61. The number of benzene rings is 3. The first-order valence-electron chi connectivity index (χ1n) is 8.17. The largest absolute Gasteiger partial charge is 0.494 e. The summed E-state index contributed by atoms with van der Waals surface area (Å²) in [4.78, 5) is 0. The number of halogens is 3. The maximum absolute atomic E-state index is 13.9. The van der Waals surface area contributed by atoms with Crippen LogP contribution >= 0.6 is 0 Å². The number of aliphatic hydroxyl groups excluding tert-OH is 1. The molecular weight excluding hydrogens is 357 g/mol. The summed E-state index contributed by atoms with van der Waals surface area (Å²) in [5.74, 6) is -2.76. The van der Waals surface area contributed by atoms with Crippen molar-refractivity contribution in [3.63, 3.8) is 0 Å². The molecule has 0 saturated carbocycles. The molecule has 3 rings (SSSR count). The second kappa shape index (κ2) is 8.14. The predicted molar refractivity (Wildman–Crippen MR) is 95.0 cm³/mol. The van der Waals surface area contributed by atoms with Crippen LogP contribution in [0.5, 0.6) is 11.5 Å². The van der Waals surface area contributed by atoms with Crippen LogP contribution in [0.25, 0.3) is 11.1 Å². The van der Waals surface area contributed by atoms with Crippen LogP contribution in [0.3, 0.4) is 0 Å². The van der Waals surface area contributed by atoms with E-state index in [1.54, 1.807) is 36.4 Å². The molecule has 27 heavy (non-hydrogen) atoms. The van der Waals surface area contributed by atoms with Gasteiger partial charge in [-0.15, -0.1) is 0 Å². The quantitative estimate of drug-likeness (QED) is 0.670. The average molecular weight is 374 g/mol. The molecule has 0 spiro atoms. The van der Waals surface area contributed by atoms with E-state index in [-0.39, 0.29) is 23.7 Å². The Hall–Kier alpha value is -2.99. The van der Waals surface area contributed by atoms with Gasteiger partial charge in [-0.2, -0.15) is 4.39 Å². The van der Waals surface area contributed by atoms with Crippen molar-refractivity contribution in [2.75, 3.05) is 7.11 Å². The van der Waals surface area contributed by atoms with Crippen LogP contribution in [0.2, 0.25) is 0 Å². The zero-order valence-electron chi connectivity index (χ0n) is 14.5. The van der Waals surface area contributed by atoms with E-state index in [0.29, 0.717) is 5.56 Å². The molecule has 0 aromatic heterocycles. The Kier molecular flexibility index (Phi) is 5.66. The summed E-state index contributed by atoms with van der Waals surface area (Å²) in [7, 11) is 1.40. The normalized spacial score (nSPS) is 10.7. The summed E-state index contributed by atoms with van der Waals surface area (Å²) in [6, 6.07) is 14.3. The van der Waals surface area contributed by atoms with E-state index in [1.165, 1.54) is 25.3 Å². The van der Waals surface area contributed by atoms with Gasteiger partial charge in [-0.1, -0.05) is 30.3 Å². The Morgan fingerprint density at radius 2 is 1.48 bits per heavy atom. The van der Waals surface area contributed by atoms with Gasteiger partial charge in [0.05, 0.1) is 13.7 Å². The number of rotatable bonds is 6. The standard InChI is InChI=1S/C21H17F3O3/c1-26-18-8-6-15(10-17(18)22)14-4-2-13(3-5-14)12-27-19-9-7-16(11-25)20(23)21(19)24/h2-10,25H,11-12H2,1H3. The summed E-state index contributed by atoms with van der Waals surface area (Å²) in [6.45, 7) is -0.553. The Morgan fingerprint density at radius 3 is 2.11 bits per heavy atom. The molecule has 0 bridgehead atoms. The van der Waals surface area contributed by atoms with Gasteiger partial charge in [0.1, 0.15) is 6.61 Å². The van der Waals surface area contributed by atoms with E-state index in [0.717, 1.165) is 11.1 Å². The molecule has 6 heteroatoms. The van der Waals surface area contributed by atoms with Gasteiger partial charge >= 0.3 is 0 Å². The zero-order valence-corrected chi connectivity index (χ0v) is 14.5. The van der Waals surface area contributed by atoms with E-state index < -0.39 is 24.1 Å². The lowest BCUT2D eigenvalue weighted by Gasteiger charge is -2.10. The summed E-state index contributed by atoms with van der Waals surface area (Å²) in [5.41, 5.74) is 2.09. The maximum Gasteiger partial charge on any atom is 0.200 e. The molecule has 3 aromatic rings. The van der Waals surface area contributed by atoms with E-state index >= 15 is 0 Å². The lowest BCUT2D eigenvalue weighted by Crippen LogP contribution is -2.01. The molecule has 0 amide bonds. The van der Waals surface area contributed by atoms with E-state index in [1.807, 2.05) is 0 Å². The van der Waals surface area contributed by atoms with Crippen LogP contribution in [0.15, 0.2) is 54.6 Å². The molecule has 0 heterocycles. The van der Waals surface area contributed by atoms with Crippen molar-refractivity contribution in [2.45, 2.75) is 13.2 Å². The van der Waals surface area contributed by atoms with Crippen LogP contribution in [-0.4, -0.2) is 12.2 Å². The highest BCUT2D eigenvalue weighted by Crippen LogP contribution is 2.27. The predicted octanol–water partition coefficient (Wildman–Crippen LogP) is 4.85. The van der Waals surface area contributed by atoms with Gasteiger partial charge in [0.2, 0.25) is 5.82 Å². The van der Waals surface area contributed by atoms with Crippen molar-refractivity contribution in [3.8, 4) is 22.6 Å². The Balaban J connectivity index is 1.71. The molecule has 3 nitrogen and oxygen atoms in total. The van der Waals surface area contributed by atoms with Gasteiger partial charge < -0.3 is 14.6 Å². The number of aliphatic hydroxyl groups is 1. The van der Waals surface area contributed by atoms with Gasteiger partial charge in [-0.25, -0.2) is 8.78 Å². The molecule has 0 aliphatic heterocycles. The SMILES string of the molecule is COc1ccc(-c2ccc(COc3ccc(CO)c(F)c3F)cc2)cc1F. The van der Waals surface area contributed by atoms with Crippen molar-refractivity contribution < 1.29 is 27.8 Å². The molecule has 0 radical (unpaired) electrons.